The van der Waals surface area contributed by atoms with E-state index in [0.717, 1.165) is 109 Å². The highest BCUT2D eigenvalue weighted by molar-refractivity contribution is 5.98. The summed E-state index contributed by atoms with van der Waals surface area (Å²) in [6, 6.07) is 32.7. The Morgan fingerprint density at radius 2 is 1.36 bits per heavy atom. The maximum absolute atomic E-state index is 14.6. The van der Waals surface area contributed by atoms with Gasteiger partial charge in [-0.05, 0) is 77.4 Å². The summed E-state index contributed by atoms with van der Waals surface area (Å²) in [5.41, 5.74) is 17.2. The lowest BCUT2D eigenvalue weighted by molar-refractivity contribution is -0.139. The van der Waals surface area contributed by atoms with Crippen molar-refractivity contribution in [3.05, 3.63) is 160 Å². The van der Waals surface area contributed by atoms with Gasteiger partial charge in [-0.3, -0.25) is 19.4 Å². The van der Waals surface area contributed by atoms with Gasteiger partial charge in [-0.15, -0.1) is 0 Å². The zero-order chi connectivity index (χ0) is 50.5. The normalized spacial score (nSPS) is 16.8. The van der Waals surface area contributed by atoms with Crippen molar-refractivity contribution >= 4 is 29.1 Å². The van der Waals surface area contributed by atoms with Crippen molar-refractivity contribution in [1.29, 1.82) is 0 Å². The van der Waals surface area contributed by atoms with Crippen molar-refractivity contribution in [1.82, 2.24) is 44.2 Å². The Balaban J connectivity index is 0.684. The first-order valence-corrected chi connectivity index (χ1v) is 26.1. The fourth-order valence-corrected chi connectivity index (χ4v) is 10.7. The number of hydrogen-bond donors (Lipinski definition) is 1. The van der Waals surface area contributed by atoms with Crippen LogP contribution in [0.2, 0.25) is 0 Å². The van der Waals surface area contributed by atoms with Crippen LogP contribution in [0.5, 0.6) is 11.5 Å². The van der Waals surface area contributed by atoms with E-state index in [4.69, 9.17) is 30.0 Å². The number of rotatable bonds is 15. The number of nitrogens with two attached hydrogens (primary N) is 1. The third-order valence-corrected chi connectivity index (χ3v) is 14.9. The van der Waals surface area contributed by atoms with Crippen molar-refractivity contribution in [2.75, 3.05) is 76.2 Å². The van der Waals surface area contributed by atoms with Gasteiger partial charge in [0, 0.05) is 95.4 Å². The molecule has 7 heterocycles. The zero-order valence-electron chi connectivity index (χ0n) is 42.4. The molecule has 2 amide bonds. The average molecular weight is 996 g/mol. The van der Waals surface area contributed by atoms with E-state index in [2.05, 4.69) is 67.7 Å². The summed E-state index contributed by atoms with van der Waals surface area (Å²) in [6.07, 6.45) is 7.10. The number of likely N-dealkylation sites (tertiary alicyclic amines) is 1. The summed E-state index contributed by atoms with van der Waals surface area (Å²) in [7, 11) is 0. The molecule has 0 aliphatic carbocycles. The molecule has 3 fully saturated rings. The van der Waals surface area contributed by atoms with Gasteiger partial charge in [0.2, 0.25) is 11.9 Å². The van der Waals surface area contributed by atoms with Crippen LogP contribution in [0.4, 0.5) is 11.6 Å². The highest BCUT2D eigenvalue weighted by Crippen LogP contribution is 2.38. The first kappa shape index (κ1) is 48.8. The van der Waals surface area contributed by atoms with Crippen molar-refractivity contribution < 1.29 is 23.8 Å². The molecule has 0 radical (unpaired) electrons. The molecule has 16 heteroatoms. The summed E-state index contributed by atoms with van der Waals surface area (Å²) < 4.78 is 20.4. The topological polar surface area (TPSA) is 160 Å². The number of benzene rings is 4. The molecule has 3 aromatic heterocycles. The second-order valence-electron chi connectivity index (χ2n) is 20.4. The molecule has 4 aromatic carbocycles. The number of carbonyl (C=O) groups excluding carboxylic acids is 2. The molecule has 11 rings (SSSR count). The number of carbonyl (C=O) groups is 2. The quantitative estimate of drug-likeness (QED) is 0.107. The van der Waals surface area contributed by atoms with E-state index < -0.39 is 0 Å². The average Bonchev–Trinajstić information content (AvgIpc) is 4.06. The smallest absolute Gasteiger partial charge is 0.258 e. The van der Waals surface area contributed by atoms with Crippen molar-refractivity contribution in [3.63, 3.8) is 0 Å². The van der Waals surface area contributed by atoms with Gasteiger partial charge in [0.1, 0.15) is 24.7 Å². The third-order valence-electron chi connectivity index (χ3n) is 14.9. The number of amides is 2. The van der Waals surface area contributed by atoms with E-state index in [-0.39, 0.29) is 29.6 Å². The summed E-state index contributed by atoms with van der Waals surface area (Å²) in [5, 5.41) is 4.91. The molecular formula is C58H65N11O5. The van der Waals surface area contributed by atoms with Crippen LogP contribution in [0.1, 0.15) is 82.0 Å². The van der Waals surface area contributed by atoms with E-state index in [1.54, 1.807) is 12.4 Å². The third kappa shape index (κ3) is 11.1. The number of anilines is 2. The van der Waals surface area contributed by atoms with E-state index in [9.17, 15) is 9.59 Å². The molecule has 0 atom stereocenters. The van der Waals surface area contributed by atoms with Crippen LogP contribution in [0.3, 0.4) is 0 Å². The summed E-state index contributed by atoms with van der Waals surface area (Å²) >= 11 is 0. The maximum Gasteiger partial charge on any atom is 0.258 e. The lowest BCUT2D eigenvalue weighted by Gasteiger charge is -2.38. The molecule has 4 aliphatic rings. The minimum Gasteiger partial charge on any atom is -0.488 e. The highest BCUT2D eigenvalue weighted by atomic mass is 16.5. The number of nitrogens with zero attached hydrogens (tertiary/aromatic N) is 10. The van der Waals surface area contributed by atoms with E-state index in [0.29, 0.717) is 70.5 Å². The SMILES string of the molecule is CC(C)c1cc(C(=O)N2Cc3ccc(CN4CCC(C(=O)N5CCN(Cc6cn7nc(-c8cnc(N)nc8)cc(N8CCOCC8)c7n6)CC5)CC4)cc3C2)c(OCc2ccccc2)cc1OCc1ccccc1. The monoisotopic (exact) mass is 996 g/mol. The molecule has 7 aromatic rings. The zero-order valence-corrected chi connectivity index (χ0v) is 42.4. The van der Waals surface area contributed by atoms with Crippen LogP contribution in [0, 0.1) is 5.92 Å². The maximum atomic E-state index is 14.6. The van der Waals surface area contributed by atoms with Crippen LogP contribution >= 0.6 is 0 Å². The number of fused-ring (bicyclic) bond motifs is 2. The predicted molar refractivity (Wildman–Crippen MR) is 283 cm³/mol. The molecule has 3 saturated heterocycles. The standard InChI is InChI=1S/C58H65N11O5/c1-40(2)49-28-50(54(74-39-42-11-7-4-8-12-42)30-53(49)73-38-41-9-5-3-6-10-41)57(71)68-34-45-14-13-43(27-46(45)35-68)33-64-17-15-44(16-18-64)56(70)67-21-19-65(20-22-67)36-48-37-69-55(62-48)52(66-23-25-72-26-24-66)29-51(63-69)47-31-60-58(59)61-32-47/h3-14,27-32,37,40,44H,15-26,33-36,38-39H2,1-2H3,(H2,59,60,61). The van der Waals surface area contributed by atoms with Crippen LogP contribution in [0.25, 0.3) is 16.9 Å². The Labute approximate surface area is 432 Å². The number of hydrogen-bond acceptors (Lipinski definition) is 13. The predicted octanol–water partition coefficient (Wildman–Crippen LogP) is 7.60. The first-order valence-electron chi connectivity index (χ1n) is 26.1. The summed E-state index contributed by atoms with van der Waals surface area (Å²) in [4.78, 5) is 53.1. The molecule has 382 valence electrons. The first-order chi connectivity index (χ1) is 36.2. The summed E-state index contributed by atoms with van der Waals surface area (Å²) in [6.45, 7) is 15.1. The van der Waals surface area contributed by atoms with Crippen LogP contribution in [-0.2, 0) is 48.9 Å². The molecular weight excluding hydrogens is 931 g/mol. The van der Waals surface area contributed by atoms with E-state index in [1.165, 1.54) is 16.7 Å². The Kier molecular flexibility index (Phi) is 14.5. The molecule has 2 N–H and O–H groups in total. The van der Waals surface area contributed by atoms with Gasteiger partial charge < -0.3 is 34.6 Å². The molecule has 0 saturated carbocycles. The number of piperidine rings is 1. The van der Waals surface area contributed by atoms with Gasteiger partial charge in [0.25, 0.3) is 5.91 Å². The van der Waals surface area contributed by atoms with Gasteiger partial charge in [0.15, 0.2) is 5.65 Å². The van der Waals surface area contributed by atoms with Gasteiger partial charge in [0.05, 0.1) is 42.0 Å². The number of imidazole rings is 1. The molecule has 74 heavy (non-hydrogen) atoms. The largest absolute Gasteiger partial charge is 0.488 e. The number of ether oxygens (including phenoxy) is 3. The number of morpholine rings is 1. The Hall–Kier alpha value is -7.40. The minimum absolute atomic E-state index is 0.0310. The van der Waals surface area contributed by atoms with Crippen molar-refractivity contribution in [2.45, 2.75) is 72.0 Å². The van der Waals surface area contributed by atoms with E-state index >= 15 is 0 Å². The lowest BCUT2D eigenvalue weighted by atomic mass is 9.94. The second-order valence-corrected chi connectivity index (χ2v) is 20.4. The van der Waals surface area contributed by atoms with Crippen LogP contribution in [0.15, 0.2) is 116 Å². The Bertz CT molecular complexity index is 3070. The number of aromatic nitrogens is 5. The van der Waals surface area contributed by atoms with Gasteiger partial charge in [-0.2, -0.15) is 5.10 Å². The summed E-state index contributed by atoms with van der Waals surface area (Å²) in [5.74, 6) is 1.84. The molecule has 4 aliphatic heterocycles. The lowest BCUT2D eigenvalue weighted by Crippen LogP contribution is -2.51. The Morgan fingerprint density at radius 3 is 2.05 bits per heavy atom. The van der Waals surface area contributed by atoms with E-state index in [1.807, 2.05) is 88.4 Å². The fourth-order valence-electron chi connectivity index (χ4n) is 10.7. The molecule has 16 nitrogen and oxygen atoms in total. The van der Waals surface area contributed by atoms with Crippen molar-refractivity contribution in [3.8, 4) is 22.8 Å². The fraction of sp³-hybridized carbons (Fsp3) is 0.379. The second kappa shape index (κ2) is 22.0. The molecule has 0 bridgehead atoms. The Morgan fingerprint density at radius 1 is 0.703 bits per heavy atom. The van der Waals surface area contributed by atoms with Gasteiger partial charge >= 0.3 is 0 Å². The van der Waals surface area contributed by atoms with Crippen LogP contribution < -0.4 is 20.1 Å². The minimum atomic E-state index is -0.0561. The van der Waals surface area contributed by atoms with Crippen molar-refractivity contribution in [2.24, 2.45) is 5.92 Å². The molecule has 0 spiro atoms. The van der Waals surface area contributed by atoms with Crippen LogP contribution in [-0.4, -0.2) is 122 Å². The van der Waals surface area contributed by atoms with Gasteiger partial charge in [-0.25, -0.2) is 19.5 Å². The number of nitrogen functional groups attached to an aromatic ring is 1. The molecule has 0 unspecified atom stereocenters. The number of piperazine rings is 1. The highest BCUT2D eigenvalue weighted by Gasteiger charge is 2.32. The van der Waals surface area contributed by atoms with Gasteiger partial charge in [-0.1, -0.05) is 92.7 Å².